The number of carbonyl (C=O) groups is 1. The Balaban J connectivity index is 2.67. The molecule has 0 saturated heterocycles. The molecule has 0 unspecified atom stereocenters. The van der Waals surface area contributed by atoms with Crippen molar-refractivity contribution in [1.82, 2.24) is 4.90 Å². The molecule has 0 saturated carbocycles. The van der Waals surface area contributed by atoms with Crippen molar-refractivity contribution in [2.75, 3.05) is 14.1 Å². The molecule has 4 nitrogen and oxygen atoms in total. The SMILES string of the molecule is CN(C)C(=O)CCc1ccc(S(=O)(=O)Cl)cc1. The van der Waals surface area contributed by atoms with Gasteiger partial charge in [0.25, 0.3) is 9.05 Å². The number of nitrogens with zero attached hydrogens (tertiary/aromatic N) is 1. The van der Waals surface area contributed by atoms with E-state index in [4.69, 9.17) is 10.7 Å². The van der Waals surface area contributed by atoms with Crippen LogP contribution >= 0.6 is 10.7 Å². The number of amides is 1. The lowest BCUT2D eigenvalue weighted by atomic mass is 10.1. The van der Waals surface area contributed by atoms with Gasteiger partial charge in [-0.3, -0.25) is 4.79 Å². The van der Waals surface area contributed by atoms with E-state index in [1.807, 2.05) is 0 Å². The van der Waals surface area contributed by atoms with Crippen LogP contribution in [0.15, 0.2) is 29.2 Å². The van der Waals surface area contributed by atoms with Crippen LogP contribution in [-0.2, 0) is 20.3 Å². The molecule has 0 spiro atoms. The van der Waals surface area contributed by atoms with Crippen LogP contribution in [0.1, 0.15) is 12.0 Å². The highest BCUT2D eigenvalue weighted by molar-refractivity contribution is 8.13. The van der Waals surface area contributed by atoms with E-state index in [2.05, 4.69) is 0 Å². The van der Waals surface area contributed by atoms with Crippen LogP contribution < -0.4 is 0 Å². The van der Waals surface area contributed by atoms with Gasteiger partial charge in [-0.25, -0.2) is 8.42 Å². The van der Waals surface area contributed by atoms with E-state index in [0.717, 1.165) is 5.56 Å². The molecule has 0 fully saturated rings. The molecule has 0 aliphatic heterocycles. The van der Waals surface area contributed by atoms with E-state index >= 15 is 0 Å². The first-order valence-corrected chi connectivity index (χ1v) is 7.35. The average Bonchev–Trinajstić information content (AvgIpc) is 2.25. The quantitative estimate of drug-likeness (QED) is 0.785. The summed E-state index contributed by atoms with van der Waals surface area (Å²) in [5.74, 6) is 0.0408. The van der Waals surface area contributed by atoms with Crippen LogP contribution in [0.25, 0.3) is 0 Å². The zero-order chi connectivity index (χ0) is 13.1. The molecule has 94 valence electrons. The van der Waals surface area contributed by atoms with Crippen molar-refractivity contribution < 1.29 is 13.2 Å². The standard InChI is InChI=1S/C11H14ClNO3S/c1-13(2)11(14)8-5-9-3-6-10(7-4-9)17(12,15)16/h3-4,6-7H,5,8H2,1-2H3. The van der Waals surface area contributed by atoms with Gasteiger partial charge in [-0.2, -0.15) is 0 Å². The Bertz CT molecular complexity index is 494. The number of hydrogen-bond acceptors (Lipinski definition) is 3. The molecule has 1 aromatic rings. The third kappa shape index (κ3) is 4.36. The molecule has 0 aromatic heterocycles. The van der Waals surface area contributed by atoms with E-state index in [1.54, 1.807) is 26.2 Å². The first-order chi connectivity index (χ1) is 7.80. The van der Waals surface area contributed by atoms with Crippen molar-refractivity contribution in [2.24, 2.45) is 0 Å². The van der Waals surface area contributed by atoms with E-state index in [0.29, 0.717) is 12.8 Å². The van der Waals surface area contributed by atoms with Crippen LogP contribution in [0.3, 0.4) is 0 Å². The molecule has 0 bridgehead atoms. The van der Waals surface area contributed by atoms with Crippen LogP contribution in [0.4, 0.5) is 0 Å². The lowest BCUT2D eigenvalue weighted by Crippen LogP contribution is -2.21. The van der Waals surface area contributed by atoms with Crippen molar-refractivity contribution >= 4 is 25.6 Å². The summed E-state index contributed by atoms with van der Waals surface area (Å²) in [6.07, 6.45) is 0.986. The number of rotatable bonds is 4. The Morgan fingerprint density at radius 1 is 1.24 bits per heavy atom. The highest BCUT2D eigenvalue weighted by Gasteiger charge is 2.09. The molecule has 1 amide bonds. The van der Waals surface area contributed by atoms with Crippen molar-refractivity contribution in [3.8, 4) is 0 Å². The average molecular weight is 276 g/mol. The molecule has 0 aliphatic rings. The third-order valence-electron chi connectivity index (χ3n) is 2.33. The Morgan fingerprint density at radius 3 is 2.18 bits per heavy atom. The largest absolute Gasteiger partial charge is 0.349 e. The number of aryl methyl sites for hydroxylation is 1. The minimum absolute atomic E-state index is 0.0408. The number of benzene rings is 1. The second-order valence-corrected chi connectivity index (χ2v) is 6.44. The fraction of sp³-hybridized carbons (Fsp3) is 0.364. The van der Waals surface area contributed by atoms with Gasteiger partial charge in [-0.05, 0) is 24.1 Å². The lowest BCUT2D eigenvalue weighted by Gasteiger charge is -2.09. The summed E-state index contributed by atoms with van der Waals surface area (Å²) >= 11 is 0. The minimum atomic E-state index is -3.67. The topological polar surface area (TPSA) is 54.5 Å². The fourth-order valence-electron chi connectivity index (χ4n) is 1.29. The van der Waals surface area contributed by atoms with Gasteiger partial charge in [0.05, 0.1) is 4.90 Å². The maximum Gasteiger partial charge on any atom is 0.261 e. The molecule has 0 aliphatic carbocycles. The molecule has 0 atom stereocenters. The predicted molar refractivity (Wildman–Crippen MR) is 66.5 cm³/mol. The molecule has 0 N–H and O–H groups in total. The third-order valence-corrected chi connectivity index (χ3v) is 3.70. The first-order valence-electron chi connectivity index (χ1n) is 5.04. The maximum atomic E-state index is 11.4. The molecule has 6 heteroatoms. The molecule has 17 heavy (non-hydrogen) atoms. The Labute approximate surface area is 106 Å². The van der Waals surface area contributed by atoms with Crippen LogP contribution in [-0.4, -0.2) is 33.3 Å². The van der Waals surface area contributed by atoms with Gasteiger partial charge in [-0.1, -0.05) is 12.1 Å². The van der Waals surface area contributed by atoms with Crippen molar-refractivity contribution in [2.45, 2.75) is 17.7 Å². The highest BCUT2D eigenvalue weighted by atomic mass is 35.7. The molecule has 1 rings (SSSR count). The van der Waals surface area contributed by atoms with Gasteiger partial charge in [0.15, 0.2) is 0 Å². The molecular weight excluding hydrogens is 262 g/mol. The predicted octanol–water partition coefficient (Wildman–Crippen LogP) is 1.63. The van der Waals surface area contributed by atoms with Crippen molar-refractivity contribution in [3.05, 3.63) is 29.8 Å². The summed E-state index contributed by atoms with van der Waals surface area (Å²) in [7, 11) is 4.92. The summed E-state index contributed by atoms with van der Waals surface area (Å²) in [5, 5.41) is 0. The number of carbonyl (C=O) groups excluding carboxylic acids is 1. The summed E-state index contributed by atoms with van der Waals surface area (Å²) in [6, 6.07) is 6.21. The first kappa shape index (κ1) is 14.0. The minimum Gasteiger partial charge on any atom is -0.349 e. The Morgan fingerprint density at radius 2 is 1.76 bits per heavy atom. The zero-order valence-electron chi connectivity index (χ0n) is 9.68. The molecule has 0 heterocycles. The van der Waals surface area contributed by atoms with Crippen molar-refractivity contribution in [1.29, 1.82) is 0 Å². The molecule has 0 radical (unpaired) electrons. The van der Waals surface area contributed by atoms with E-state index < -0.39 is 9.05 Å². The monoisotopic (exact) mass is 275 g/mol. The fourth-order valence-corrected chi connectivity index (χ4v) is 2.06. The zero-order valence-corrected chi connectivity index (χ0v) is 11.3. The van der Waals surface area contributed by atoms with Gasteiger partial charge >= 0.3 is 0 Å². The van der Waals surface area contributed by atoms with Crippen LogP contribution in [0, 0.1) is 0 Å². The lowest BCUT2D eigenvalue weighted by molar-refractivity contribution is -0.128. The summed E-state index contributed by atoms with van der Waals surface area (Å²) < 4.78 is 22.0. The molecular formula is C11H14ClNO3S. The second kappa shape index (κ2) is 5.51. The van der Waals surface area contributed by atoms with Gasteiger partial charge in [0.2, 0.25) is 5.91 Å². The van der Waals surface area contributed by atoms with Gasteiger partial charge in [0.1, 0.15) is 0 Å². The van der Waals surface area contributed by atoms with Crippen LogP contribution in [0.2, 0.25) is 0 Å². The number of hydrogen-bond donors (Lipinski definition) is 0. The van der Waals surface area contributed by atoms with Gasteiger partial charge in [0, 0.05) is 31.2 Å². The van der Waals surface area contributed by atoms with E-state index in [1.165, 1.54) is 17.0 Å². The summed E-state index contributed by atoms with van der Waals surface area (Å²) in [5.41, 5.74) is 0.907. The smallest absolute Gasteiger partial charge is 0.261 e. The van der Waals surface area contributed by atoms with Crippen LogP contribution in [0.5, 0.6) is 0 Å². The second-order valence-electron chi connectivity index (χ2n) is 3.87. The Kier molecular flexibility index (Phi) is 4.54. The van der Waals surface area contributed by atoms with E-state index in [-0.39, 0.29) is 10.8 Å². The van der Waals surface area contributed by atoms with Gasteiger partial charge in [-0.15, -0.1) is 0 Å². The number of halogens is 1. The van der Waals surface area contributed by atoms with Gasteiger partial charge < -0.3 is 4.90 Å². The Hall–Kier alpha value is -1.07. The summed E-state index contributed by atoms with van der Waals surface area (Å²) in [4.78, 5) is 12.9. The van der Waals surface area contributed by atoms with E-state index in [9.17, 15) is 13.2 Å². The summed E-state index contributed by atoms with van der Waals surface area (Å²) in [6.45, 7) is 0. The normalized spacial score (nSPS) is 11.2. The molecule has 1 aromatic carbocycles. The van der Waals surface area contributed by atoms with Crippen molar-refractivity contribution in [3.63, 3.8) is 0 Å². The maximum absolute atomic E-state index is 11.4. The highest BCUT2D eigenvalue weighted by Crippen LogP contribution is 2.16.